The highest BCUT2D eigenvalue weighted by Crippen LogP contribution is 2.30. The number of halogens is 1. The highest BCUT2D eigenvalue weighted by Gasteiger charge is 2.08. The fourth-order valence-corrected chi connectivity index (χ4v) is 3.79. The van der Waals surface area contributed by atoms with Crippen LogP contribution in [0.5, 0.6) is 5.75 Å². The van der Waals surface area contributed by atoms with E-state index in [-0.39, 0.29) is 5.91 Å². The molecule has 0 spiro atoms. The smallest absolute Gasteiger partial charge is 0.224 e. The predicted molar refractivity (Wildman–Crippen MR) is 117 cm³/mol. The van der Waals surface area contributed by atoms with Gasteiger partial charge in [0.05, 0.1) is 12.8 Å². The maximum absolute atomic E-state index is 12.4. The molecule has 0 aromatic heterocycles. The number of rotatable bonds is 8. The molecule has 0 aliphatic rings. The van der Waals surface area contributed by atoms with Crippen LogP contribution in [0.2, 0.25) is 5.02 Å². The first-order chi connectivity index (χ1) is 13.6. The largest absolute Gasteiger partial charge is 0.497 e. The lowest BCUT2D eigenvalue weighted by Crippen LogP contribution is -2.13. The normalized spacial score (nSPS) is 10.5. The Kier molecular flexibility index (Phi) is 7.40. The van der Waals surface area contributed by atoms with E-state index in [2.05, 4.69) is 5.32 Å². The second kappa shape index (κ2) is 10.2. The van der Waals surface area contributed by atoms with E-state index in [0.717, 1.165) is 32.7 Å². The van der Waals surface area contributed by atoms with Crippen molar-refractivity contribution in [2.75, 3.05) is 12.4 Å². The van der Waals surface area contributed by atoms with E-state index in [1.165, 1.54) is 5.56 Å². The zero-order valence-electron chi connectivity index (χ0n) is 15.7. The van der Waals surface area contributed by atoms with Crippen LogP contribution < -0.4 is 10.1 Å². The Morgan fingerprint density at radius 2 is 1.64 bits per heavy atom. The summed E-state index contributed by atoms with van der Waals surface area (Å²) in [5.74, 6) is 1.64. The maximum Gasteiger partial charge on any atom is 0.224 e. The minimum absolute atomic E-state index is 0.00959. The van der Waals surface area contributed by atoms with E-state index in [9.17, 15) is 4.79 Å². The molecule has 0 atom stereocenters. The standard InChI is InChI=1S/C23H22ClNO2S/c1-27-20-13-8-17(9-14-20)10-15-23(26)25-21-4-2-3-5-22(21)28-16-18-6-11-19(24)12-7-18/h2-9,11-14H,10,15-16H2,1H3,(H,25,26). The van der Waals surface area contributed by atoms with Gasteiger partial charge < -0.3 is 10.1 Å². The van der Waals surface area contributed by atoms with Crippen molar-refractivity contribution in [2.45, 2.75) is 23.5 Å². The van der Waals surface area contributed by atoms with Crippen molar-refractivity contribution < 1.29 is 9.53 Å². The fraction of sp³-hybridized carbons (Fsp3) is 0.174. The van der Waals surface area contributed by atoms with Crippen molar-refractivity contribution in [2.24, 2.45) is 0 Å². The van der Waals surface area contributed by atoms with Gasteiger partial charge in [0.25, 0.3) is 0 Å². The van der Waals surface area contributed by atoms with Crippen LogP contribution >= 0.6 is 23.4 Å². The highest BCUT2D eigenvalue weighted by atomic mass is 35.5. The topological polar surface area (TPSA) is 38.3 Å². The van der Waals surface area contributed by atoms with Crippen LogP contribution in [0, 0.1) is 0 Å². The quantitative estimate of drug-likeness (QED) is 0.447. The van der Waals surface area contributed by atoms with Gasteiger partial charge >= 0.3 is 0 Å². The van der Waals surface area contributed by atoms with E-state index < -0.39 is 0 Å². The average Bonchev–Trinajstić information content (AvgIpc) is 2.73. The molecule has 0 unspecified atom stereocenters. The number of thioether (sulfide) groups is 1. The molecule has 0 saturated carbocycles. The Balaban J connectivity index is 1.55. The van der Waals surface area contributed by atoms with Gasteiger partial charge in [0.2, 0.25) is 5.91 Å². The molecule has 3 aromatic carbocycles. The first-order valence-corrected chi connectivity index (χ1v) is 10.4. The molecule has 0 saturated heterocycles. The van der Waals surface area contributed by atoms with Gasteiger partial charge in [-0.25, -0.2) is 0 Å². The van der Waals surface area contributed by atoms with E-state index in [1.54, 1.807) is 18.9 Å². The van der Waals surface area contributed by atoms with Crippen LogP contribution in [0.1, 0.15) is 17.5 Å². The number of hydrogen-bond donors (Lipinski definition) is 1. The van der Waals surface area contributed by atoms with Gasteiger partial charge in [-0.05, 0) is 53.9 Å². The molecule has 28 heavy (non-hydrogen) atoms. The summed E-state index contributed by atoms with van der Waals surface area (Å²) in [6.45, 7) is 0. The maximum atomic E-state index is 12.4. The number of nitrogens with one attached hydrogen (secondary N) is 1. The van der Waals surface area contributed by atoms with Crippen LogP contribution in [0.15, 0.2) is 77.7 Å². The van der Waals surface area contributed by atoms with Crippen LogP contribution in [0.3, 0.4) is 0 Å². The van der Waals surface area contributed by atoms with E-state index >= 15 is 0 Å². The molecule has 0 fully saturated rings. The monoisotopic (exact) mass is 411 g/mol. The Hall–Kier alpha value is -2.43. The number of methoxy groups -OCH3 is 1. The predicted octanol–water partition coefficient (Wildman–Crippen LogP) is 6.21. The van der Waals surface area contributed by atoms with Gasteiger partial charge in [-0.2, -0.15) is 0 Å². The number of anilines is 1. The van der Waals surface area contributed by atoms with E-state index in [0.29, 0.717) is 12.8 Å². The number of amides is 1. The zero-order valence-corrected chi connectivity index (χ0v) is 17.2. The number of carbonyl (C=O) groups excluding carboxylic acids is 1. The molecule has 0 radical (unpaired) electrons. The summed E-state index contributed by atoms with van der Waals surface area (Å²) in [5, 5.41) is 3.78. The third-order valence-electron chi connectivity index (χ3n) is 4.27. The molecule has 3 aromatic rings. The molecular weight excluding hydrogens is 390 g/mol. The highest BCUT2D eigenvalue weighted by molar-refractivity contribution is 7.98. The number of carbonyl (C=O) groups is 1. The van der Waals surface area contributed by atoms with Gasteiger partial charge in [-0.3, -0.25) is 4.79 Å². The SMILES string of the molecule is COc1ccc(CCC(=O)Nc2ccccc2SCc2ccc(Cl)cc2)cc1. The molecule has 1 N–H and O–H groups in total. The van der Waals surface area contributed by atoms with Gasteiger partial charge in [0.15, 0.2) is 0 Å². The third-order valence-corrected chi connectivity index (χ3v) is 5.67. The Morgan fingerprint density at radius 1 is 0.964 bits per heavy atom. The lowest BCUT2D eigenvalue weighted by molar-refractivity contribution is -0.116. The minimum Gasteiger partial charge on any atom is -0.497 e. The van der Waals surface area contributed by atoms with Gasteiger partial charge in [-0.15, -0.1) is 11.8 Å². The Morgan fingerprint density at radius 3 is 2.36 bits per heavy atom. The molecule has 1 amide bonds. The van der Waals surface area contributed by atoms with Gasteiger partial charge in [0.1, 0.15) is 5.75 Å². The van der Waals surface area contributed by atoms with Crippen LogP contribution in [0.4, 0.5) is 5.69 Å². The summed E-state index contributed by atoms with van der Waals surface area (Å²) in [5.41, 5.74) is 3.15. The van der Waals surface area contributed by atoms with E-state index in [1.807, 2.05) is 72.8 Å². The summed E-state index contributed by atoms with van der Waals surface area (Å²) in [6.07, 6.45) is 1.12. The molecule has 0 aliphatic heterocycles. The first-order valence-electron chi connectivity index (χ1n) is 9.03. The van der Waals surface area contributed by atoms with Crippen LogP contribution in [-0.2, 0) is 17.0 Å². The number of ether oxygens (including phenoxy) is 1. The zero-order chi connectivity index (χ0) is 19.8. The Bertz CT molecular complexity index is 911. The number of hydrogen-bond acceptors (Lipinski definition) is 3. The van der Waals surface area contributed by atoms with Crippen molar-refractivity contribution in [1.82, 2.24) is 0 Å². The Labute approximate surface area is 175 Å². The summed E-state index contributed by atoms with van der Waals surface area (Å²) in [7, 11) is 1.64. The molecule has 5 heteroatoms. The molecule has 144 valence electrons. The second-order valence-corrected chi connectivity index (χ2v) is 7.76. The minimum atomic E-state index is 0.00959. The number of benzene rings is 3. The molecule has 0 heterocycles. The van der Waals surface area contributed by atoms with Crippen molar-refractivity contribution in [3.63, 3.8) is 0 Å². The lowest BCUT2D eigenvalue weighted by atomic mass is 10.1. The van der Waals surface area contributed by atoms with Gasteiger partial charge in [-0.1, -0.05) is 48.0 Å². The molecule has 0 aliphatic carbocycles. The van der Waals surface area contributed by atoms with Crippen molar-refractivity contribution in [3.05, 3.63) is 88.9 Å². The molecule has 3 rings (SSSR count). The second-order valence-electron chi connectivity index (χ2n) is 6.31. The van der Waals surface area contributed by atoms with Crippen molar-refractivity contribution >= 4 is 35.0 Å². The lowest BCUT2D eigenvalue weighted by Gasteiger charge is -2.11. The third kappa shape index (κ3) is 6.04. The van der Waals surface area contributed by atoms with Crippen molar-refractivity contribution in [3.8, 4) is 5.75 Å². The molecule has 3 nitrogen and oxygen atoms in total. The first kappa shape index (κ1) is 20.3. The van der Waals surface area contributed by atoms with E-state index in [4.69, 9.17) is 16.3 Å². The summed E-state index contributed by atoms with van der Waals surface area (Å²) in [4.78, 5) is 13.5. The molecular formula is C23H22ClNO2S. The van der Waals surface area contributed by atoms with Crippen LogP contribution in [0.25, 0.3) is 0 Å². The number of para-hydroxylation sites is 1. The fourth-order valence-electron chi connectivity index (χ4n) is 2.70. The van der Waals surface area contributed by atoms with Crippen molar-refractivity contribution in [1.29, 1.82) is 0 Å². The molecule has 0 bridgehead atoms. The van der Waals surface area contributed by atoms with Crippen LogP contribution in [-0.4, -0.2) is 13.0 Å². The average molecular weight is 412 g/mol. The number of aryl methyl sites for hydroxylation is 1. The summed E-state index contributed by atoms with van der Waals surface area (Å²) in [6, 6.07) is 23.5. The summed E-state index contributed by atoms with van der Waals surface area (Å²) >= 11 is 7.63. The van der Waals surface area contributed by atoms with Gasteiger partial charge in [0, 0.05) is 22.1 Å². The summed E-state index contributed by atoms with van der Waals surface area (Å²) < 4.78 is 5.16.